The minimum absolute atomic E-state index is 0.0563. The van der Waals surface area contributed by atoms with E-state index in [0.717, 1.165) is 5.69 Å². The quantitative estimate of drug-likeness (QED) is 0.680. The molecule has 0 aliphatic carbocycles. The number of halogens is 1. The highest BCUT2D eigenvalue weighted by molar-refractivity contribution is 5.94. The smallest absolute Gasteiger partial charge is 0.307 e. The maximum absolute atomic E-state index is 13.2. The highest BCUT2D eigenvalue weighted by Crippen LogP contribution is 2.19. The van der Waals surface area contributed by atoms with Crippen LogP contribution in [0.2, 0.25) is 0 Å². The standard InChI is InChI=1S/C20H18FN3O3/c1-27-19(25)13-18(14-3-7-16(21)8-4-14)23-20(26)15-5-9-17(10-6-15)24-12-2-11-22-24/h2-12,18H,13H2,1H3,(H,23,26). The van der Waals surface area contributed by atoms with Crippen LogP contribution in [0.3, 0.4) is 0 Å². The van der Waals surface area contributed by atoms with Crippen LogP contribution in [0.25, 0.3) is 5.69 Å². The fraction of sp³-hybridized carbons (Fsp3) is 0.150. The summed E-state index contributed by atoms with van der Waals surface area (Å²) in [5.74, 6) is -1.21. The van der Waals surface area contributed by atoms with Crippen LogP contribution in [0.1, 0.15) is 28.4 Å². The average molecular weight is 367 g/mol. The molecule has 6 nitrogen and oxygen atoms in total. The van der Waals surface area contributed by atoms with Crippen molar-refractivity contribution in [3.05, 3.63) is 83.9 Å². The lowest BCUT2D eigenvalue weighted by molar-refractivity contribution is -0.141. The van der Waals surface area contributed by atoms with Gasteiger partial charge in [-0.3, -0.25) is 9.59 Å². The normalized spacial score (nSPS) is 11.6. The molecule has 138 valence electrons. The minimum Gasteiger partial charge on any atom is -0.469 e. The van der Waals surface area contributed by atoms with Gasteiger partial charge < -0.3 is 10.1 Å². The molecule has 1 heterocycles. The first-order valence-electron chi connectivity index (χ1n) is 8.30. The molecule has 27 heavy (non-hydrogen) atoms. The lowest BCUT2D eigenvalue weighted by Crippen LogP contribution is -2.30. The first-order chi connectivity index (χ1) is 13.1. The second-order valence-electron chi connectivity index (χ2n) is 5.86. The van der Waals surface area contributed by atoms with Crippen LogP contribution in [0.5, 0.6) is 0 Å². The van der Waals surface area contributed by atoms with Crippen molar-refractivity contribution in [2.75, 3.05) is 7.11 Å². The molecule has 0 saturated carbocycles. The van der Waals surface area contributed by atoms with Gasteiger partial charge >= 0.3 is 5.97 Å². The number of nitrogens with one attached hydrogen (secondary N) is 1. The van der Waals surface area contributed by atoms with Crippen molar-refractivity contribution >= 4 is 11.9 Å². The minimum atomic E-state index is -0.628. The Hall–Kier alpha value is -3.48. The molecule has 1 aromatic heterocycles. The molecule has 3 aromatic rings. The van der Waals surface area contributed by atoms with E-state index < -0.39 is 17.8 Å². The molecule has 1 unspecified atom stereocenters. The fourth-order valence-electron chi connectivity index (χ4n) is 2.63. The SMILES string of the molecule is COC(=O)CC(NC(=O)c1ccc(-n2cccn2)cc1)c1ccc(F)cc1. The maximum Gasteiger partial charge on any atom is 0.307 e. The second kappa shape index (κ2) is 8.27. The highest BCUT2D eigenvalue weighted by Gasteiger charge is 2.20. The number of rotatable bonds is 6. The number of nitrogens with zero attached hydrogens (tertiary/aromatic N) is 2. The summed E-state index contributed by atoms with van der Waals surface area (Å²) in [5, 5.41) is 6.94. The number of esters is 1. The Balaban J connectivity index is 1.77. The summed E-state index contributed by atoms with van der Waals surface area (Å²) in [6.07, 6.45) is 3.41. The van der Waals surface area contributed by atoms with Crippen LogP contribution in [-0.2, 0) is 9.53 Å². The van der Waals surface area contributed by atoms with E-state index >= 15 is 0 Å². The Morgan fingerprint density at radius 3 is 2.44 bits per heavy atom. The highest BCUT2D eigenvalue weighted by atomic mass is 19.1. The van der Waals surface area contributed by atoms with Crippen LogP contribution < -0.4 is 5.32 Å². The zero-order chi connectivity index (χ0) is 19.2. The second-order valence-corrected chi connectivity index (χ2v) is 5.86. The van der Waals surface area contributed by atoms with Crippen molar-refractivity contribution in [3.8, 4) is 5.69 Å². The van der Waals surface area contributed by atoms with E-state index in [0.29, 0.717) is 11.1 Å². The molecule has 0 fully saturated rings. The number of carbonyl (C=O) groups is 2. The van der Waals surface area contributed by atoms with E-state index in [1.807, 2.05) is 0 Å². The number of methoxy groups -OCH3 is 1. The van der Waals surface area contributed by atoms with E-state index in [1.165, 1.54) is 31.4 Å². The van der Waals surface area contributed by atoms with Gasteiger partial charge in [0, 0.05) is 18.0 Å². The maximum atomic E-state index is 13.2. The van der Waals surface area contributed by atoms with Gasteiger partial charge in [-0.1, -0.05) is 12.1 Å². The summed E-state index contributed by atoms with van der Waals surface area (Å²) in [4.78, 5) is 24.3. The van der Waals surface area contributed by atoms with Crippen molar-refractivity contribution < 1.29 is 18.7 Å². The van der Waals surface area contributed by atoms with Gasteiger partial charge in [0.05, 0.1) is 25.3 Å². The van der Waals surface area contributed by atoms with Crippen LogP contribution in [0.15, 0.2) is 67.0 Å². The van der Waals surface area contributed by atoms with Crippen LogP contribution in [0, 0.1) is 5.82 Å². The number of carbonyl (C=O) groups excluding carboxylic acids is 2. The number of ether oxygens (including phenoxy) is 1. The third-order valence-electron chi connectivity index (χ3n) is 4.07. The van der Waals surface area contributed by atoms with Gasteiger partial charge in [0.15, 0.2) is 0 Å². The van der Waals surface area contributed by atoms with Crippen molar-refractivity contribution in [1.82, 2.24) is 15.1 Å². The zero-order valence-corrected chi connectivity index (χ0v) is 14.6. The number of aromatic nitrogens is 2. The van der Waals surface area contributed by atoms with Crippen molar-refractivity contribution in [1.29, 1.82) is 0 Å². The predicted molar refractivity (Wildman–Crippen MR) is 96.8 cm³/mol. The molecule has 1 amide bonds. The largest absolute Gasteiger partial charge is 0.469 e. The monoisotopic (exact) mass is 367 g/mol. The Kier molecular flexibility index (Phi) is 5.61. The lowest BCUT2D eigenvalue weighted by Gasteiger charge is -2.18. The third-order valence-corrected chi connectivity index (χ3v) is 4.07. The summed E-state index contributed by atoms with van der Waals surface area (Å²) in [5.41, 5.74) is 1.87. The van der Waals surface area contributed by atoms with E-state index in [1.54, 1.807) is 47.4 Å². The summed E-state index contributed by atoms with van der Waals surface area (Å²) in [7, 11) is 1.28. The Morgan fingerprint density at radius 2 is 1.85 bits per heavy atom. The van der Waals surface area contributed by atoms with E-state index in [9.17, 15) is 14.0 Å². The first-order valence-corrected chi connectivity index (χ1v) is 8.30. The molecule has 3 rings (SSSR count). The van der Waals surface area contributed by atoms with E-state index in [4.69, 9.17) is 4.74 Å². The molecule has 7 heteroatoms. The fourth-order valence-corrected chi connectivity index (χ4v) is 2.63. The van der Waals surface area contributed by atoms with Crippen molar-refractivity contribution in [2.45, 2.75) is 12.5 Å². The summed E-state index contributed by atoms with van der Waals surface area (Å²) in [6, 6.07) is 13.7. The number of hydrogen-bond acceptors (Lipinski definition) is 4. The molecule has 0 radical (unpaired) electrons. The van der Waals surface area contributed by atoms with Gasteiger partial charge in [-0.15, -0.1) is 0 Å². The molecular weight excluding hydrogens is 349 g/mol. The lowest BCUT2D eigenvalue weighted by atomic mass is 10.0. The summed E-state index contributed by atoms with van der Waals surface area (Å²) < 4.78 is 19.6. The zero-order valence-electron chi connectivity index (χ0n) is 14.6. The summed E-state index contributed by atoms with van der Waals surface area (Å²) in [6.45, 7) is 0. The van der Waals surface area contributed by atoms with Crippen LogP contribution in [-0.4, -0.2) is 28.8 Å². The summed E-state index contributed by atoms with van der Waals surface area (Å²) >= 11 is 0. The topological polar surface area (TPSA) is 73.2 Å². The molecule has 0 aliphatic rings. The average Bonchev–Trinajstić information content (AvgIpc) is 3.23. The molecule has 0 spiro atoms. The Morgan fingerprint density at radius 1 is 1.15 bits per heavy atom. The van der Waals surface area contributed by atoms with Crippen molar-refractivity contribution in [2.24, 2.45) is 0 Å². The third kappa shape index (κ3) is 4.58. The van der Waals surface area contributed by atoms with Gasteiger partial charge in [0.25, 0.3) is 5.91 Å². The molecule has 0 bridgehead atoms. The molecule has 1 atom stereocenters. The van der Waals surface area contributed by atoms with E-state index in [-0.39, 0.29) is 12.3 Å². The van der Waals surface area contributed by atoms with Crippen LogP contribution >= 0.6 is 0 Å². The molecule has 2 aromatic carbocycles. The van der Waals surface area contributed by atoms with Gasteiger partial charge in [-0.05, 0) is 48.0 Å². The van der Waals surface area contributed by atoms with Crippen molar-refractivity contribution in [3.63, 3.8) is 0 Å². The number of amides is 1. The Labute approximate surface area is 155 Å². The predicted octanol–water partition coefficient (Wildman–Crippen LogP) is 3.05. The molecular formula is C20H18FN3O3. The molecule has 1 N–H and O–H groups in total. The van der Waals surface area contributed by atoms with Crippen LogP contribution in [0.4, 0.5) is 4.39 Å². The molecule has 0 saturated heterocycles. The van der Waals surface area contributed by atoms with Gasteiger partial charge in [-0.25, -0.2) is 9.07 Å². The first kappa shape index (κ1) is 18.3. The van der Waals surface area contributed by atoms with Gasteiger partial charge in [0.1, 0.15) is 5.82 Å². The number of hydrogen-bond donors (Lipinski definition) is 1. The molecule has 0 aliphatic heterocycles. The van der Waals surface area contributed by atoms with Gasteiger partial charge in [-0.2, -0.15) is 5.10 Å². The Bertz CT molecular complexity index is 907. The number of benzene rings is 2. The van der Waals surface area contributed by atoms with Gasteiger partial charge in [0.2, 0.25) is 0 Å². The van der Waals surface area contributed by atoms with E-state index in [2.05, 4.69) is 10.4 Å².